The molecule has 0 amide bonds. The van der Waals surface area contributed by atoms with E-state index >= 15 is 0 Å². The molecule has 14 heavy (non-hydrogen) atoms. The topological polar surface area (TPSA) is 20.2 Å². The molecule has 76 valence electrons. The highest BCUT2D eigenvalue weighted by molar-refractivity contribution is 5.25. The van der Waals surface area contributed by atoms with Gasteiger partial charge in [0.25, 0.3) is 0 Å². The summed E-state index contributed by atoms with van der Waals surface area (Å²) in [5, 5.41) is 9.81. The van der Waals surface area contributed by atoms with Crippen LogP contribution in [0, 0.1) is 11.8 Å². The standard InChI is InChI=1S/C13H18O/c1-3-11-12(9(2)13(11)14)10-7-5-4-6-8-10/h4-9,11-14H,3H2,1-2H3. The van der Waals surface area contributed by atoms with Crippen LogP contribution in [-0.4, -0.2) is 11.2 Å². The van der Waals surface area contributed by atoms with Crippen LogP contribution < -0.4 is 0 Å². The summed E-state index contributed by atoms with van der Waals surface area (Å²) >= 11 is 0. The van der Waals surface area contributed by atoms with Crippen LogP contribution in [-0.2, 0) is 0 Å². The minimum atomic E-state index is -0.0924. The molecule has 0 saturated heterocycles. The molecule has 0 aromatic heterocycles. The summed E-state index contributed by atoms with van der Waals surface area (Å²) in [6.45, 7) is 4.31. The van der Waals surface area contributed by atoms with Crippen molar-refractivity contribution in [2.24, 2.45) is 11.8 Å². The Hall–Kier alpha value is -0.820. The number of rotatable bonds is 2. The maximum Gasteiger partial charge on any atom is 0.0605 e. The van der Waals surface area contributed by atoms with Gasteiger partial charge in [0.05, 0.1) is 6.10 Å². The fourth-order valence-electron chi connectivity index (χ4n) is 2.78. The molecule has 1 nitrogen and oxygen atoms in total. The second-order valence-electron chi connectivity index (χ2n) is 4.36. The number of benzene rings is 1. The second-order valence-corrected chi connectivity index (χ2v) is 4.36. The summed E-state index contributed by atoms with van der Waals surface area (Å²) in [5.41, 5.74) is 1.39. The first kappa shape index (κ1) is 9.72. The Labute approximate surface area is 85.8 Å². The molecular formula is C13H18O. The van der Waals surface area contributed by atoms with Gasteiger partial charge in [-0.1, -0.05) is 50.6 Å². The van der Waals surface area contributed by atoms with Gasteiger partial charge in [-0.2, -0.15) is 0 Å². The Morgan fingerprint density at radius 3 is 2.43 bits per heavy atom. The molecular weight excluding hydrogens is 172 g/mol. The van der Waals surface area contributed by atoms with Crippen LogP contribution in [0.3, 0.4) is 0 Å². The van der Waals surface area contributed by atoms with Gasteiger partial charge in [0, 0.05) is 0 Å². The predicted octanol–water partition coefficient (Wildman–Crippen LogP) is 2.81. The van der Waals surface area contributed by atoms with Gasteiger partial charge in [0.15, 0.2) is 0 Å². The van der Waals surface area contributed by atoms with E-state index in [1.54, 1.807) is 0 Å². The lowest BCUT2D eigenvalue weighted by molar-refractivity contribution is -0.0583. The van der Waals surface area contributed by atoms with Crippen molar-refractivity contribution < 1.29 is 5.11 Å². The van der Waals surface area contributed by atoms with Gasteiger partial charge in [-0.3, -0.25) is 0 Å². The molecule has 2 rings (SSSR count). The third-order valence-corrected chi connectivity index (χ3v) is 3.66. The molecule has 0 bridgehead atoms. The first-order chi connectivity index (χ1) is 6.75. The number of aliphatic hydroxyl groups excluding tert-OH is 1. The van der Waals surface area contributed by atoms with Crippen LogP contribution in [0.2, 0.25) is 0 Å². The predicted molar refractivity (Wildman–Crippen MR) is 58.1 cm³/mol. The van der Waals surface area contributed by atoms with E-state index in [-0.39, 0.29) is 6.10 Å². The second kappa shape index (κ2) is 3.74. The molecule has 1 aromatic carbocycles. The average Bonchev–Trinajstić information content (AvgIpc) is 2.25. The highest BCUT2D eigenvalue weighted by Crippen LogP contribution is 2.48. The zero-order chi connectivity index (χ0) is 10.1. The molecule has 4 atom stereocenters. The van der Waals surface area contributed by atoms with Crippen LogP contribution in [0.15, 0.2) is 30.3 Å². The third kappa shape index (κ3) is 1.36. The SMILES string of the molecule is CCC1C(O)C(C)C1c1ccccc1. The molecule has 4 unspecified atom stereocenters. The summed E-state index contributed by atoms with van der Waals surface area (Å²) < 4.78 is 0. The maximum atomic E-state index is 9.81. The van der Waals surface area contributed by atoms with Crippen LogP contribution in [0.5, 0.6) is 0 Å². The first-order valence-corrected chi connectivity index (χ1v) is 5.48. The molecule has 1 aromatic rings. The summed E-state index contributed by atoms with van der Waals surface area (Å²) in [7, 11) is 0. The van der Waals surface area contributed by atoms with E-state index in [1.165, 1.54) is 5.56 Å². The lowest BCUT2D eigenvalue weighted by Crippen LogP contribution is -2.47. The van der Waals surface area contributed by atoms with E-state index in [9.17, 15) is 5.11 Å². The van der Waals surface area contributed by atoms with Crippen molar-refractivity contribution in [2.45, 2.75) is 32.3 Å². The molecule has 1 saturated carbocycles. The molecule has 0 aliphatic heterocycles. The van der Waals surface area contributed by atoms with Gasteiger partial charge in [-0.25, -0.2) is 0 Å². The van der Waals surface area contributed by atoms with E-state index in [4.69, 9.17) is 0 Å². The van der Waals surface area contributed by atoms with Crippen molar-refractivity contribution in [2.75, 3.05) is 0 Å². The lowest BCUT2D eigenvalue weighted by Gasteiger charge is -2.48. The van der Waals surface area contributed by atoms with Crippen LogP contribution >= 0.6 is 0 Å². The van der Waals surface area contributed by atoms with E-state index in [2.05, 4.69) is 38.1 Å². The van der Waals surface area contributed by atoms with Crippen LogP contribution in [0.1, 0.15) is 31.7 Å². The third-order valence-electron chi connectivity index (χ3n) is 3.66. The maximum absolute atomic E-state index is 9.81. The van der Waals surface area contributed by atoms with Crippen molar-refractivity contribution in [1.29, 1.82) is 0 Å². The largest absolute Gasteiger partial charge is 0.393 e. The van der Waals surface area contributed by atoms with E-state index in [1.807, 2.05) is 6.07 Å². The van der Waals surface area contributed by atoms with Gasteiger partial charge < -0.3 is 5.11 Å². The van der Waals surface area contributed by atoms with Crippen molar-refractivity contribution in [3.63, 3.8) is 0 Å². The van der Waals surface area contributed by atoms with E-state index in [0.29, 0.717) is 17.8 Å². The fraction of sp³-hybridized carbons (Fsp3) is 0.538. The zero-order valence-corrected chi connectivity index (χ0v) is 8.85. The monoisotopic (exact) mass is 190 g/mol. The molecule has 0 spiro atoms. The average molecular weight is 190 g/mol. The molecule has 1 aliphatic carbocycles. The summed E-state index contributed by atoms with van der Waals surface area (Å²) in [6, 6.07) is 10.6. The van der Waals surface area contributed by atoms with Crippen LogP contribution in [0.4, 0.5) is 0 Å². The number of hydrogen-bond donors (Lipinski definition) is 1. The van der Waals surface area contributed by atoms with E-state index in [0.717, 1.165) is 6.42 Å². The highest BCUT2D eigenvalue weighted by Gasteiger charge is 2.46. The van der Waals surface area contributed by atoms with Crippen molar-refractivity contribution in [3.8, 4) is 0 Å². The van der Waals surface area contributed by atoms with Crippen molar-refractivity contribution in [3.05, 3.63) is 35.9 Å². The number of hydrogen-bond acceptors (Lipinski definition) is 1. The zero-order valence-electron chi connectivity index (χ0n) is 8.85. The minimum absolute atomic E-state index is 0.0924. The Morgan fingerprint density at radius 2 is 1.86 bits per heavy atom. The molecule has 1 aliphatic rings. The molecule has 0 heterocycles. The van der Waals surface area contributed by atoms with Gasteiger partial charge in [0.1, 0.15) is 0 Å². The molecule has 1 fully saturated rings. The van der Waals surface area contributed by atoms with Crippen LogP contribution in [0.25, 0.3) is 0 Å². The summed E-state index contributed by atoms with van der Waals surface area (Å²) in [4.78, 5) is 0. The minimum Gasteiger partial charge on any atom is -0.393 e. The van der Waals surface area contributed by atoms with Gasteiger partial charge in [-0.05, 0) is 23.3 Å². The first-order valence-electron chi connectivity index (χ1n) is 5.48. The summed E-state index contributed by atoms with van der Waals surface area (Å²) in [6.07, 6.45) is 0.982. The van der Waals surface area contributed by atoms with Gasteiger partial charge in [0.2, 0.25) is 0 Å². The number of aliphatic hydroxyl groups is 1. The summed E-state index contributed by atoms with van der Waals surface area (Å²) in [5.74, 6) is 1.45. The Morgan fingerprint density at radius 1 is 1.21 bits per heavy atom. The van der Waals surface area contributed by atoms with Gasteiger partial charge >= 0.3 is 0 Å². The molecule has 0 radical (unpaired) electrons. The van der Waals surface area contributed by atoms with Gasteiger partial charge in [-0.15, -0.1) is 0 Å². The molecule has 1 heteroatoms. The molecule has 1 N–H and O–H groups in total. The normalized spacial score (nSPS) is 36.5. The van der Waals surface area contributed by atoms with Crippen molar-refractivity contribution >= 4 is 0 Å². The quantitative estimate of drug-likeness (QED) is 0.760. The Bertz CT molecular complexity index is 293. The Balaban J connectivity index is 2.19. The van der Waals surface area contributed by atoms with E-state index < -0.39 is 0 Å². The smallest absolute Gasteiger partial charge is 0.0605 e. The highest BCUT2D eigenvalue weighted by atomic mass is 16.3. The van der Waals surface area contributed by atoms with Crippen molar-refractivity contribution in [1.82, 2.24) is 0 Å². The Kier molecular flexibility index (Phi) is 2.60. The fourth-order valence-corrected chi connectivity index (χ4v) is 2.78. The lowest BCUT2D eigenvalue weighted by atomic mass is 9.59.